The van der Waals surface area contributed by atoms with Crippen molar-refractivity contribution in [3.05, 3.63) is 118 Å². The molecule has 0 fully saturated rings. The molecule has 0 N–H and O–H groups in total. The summed E-state index contributed by atoms with van der Waals surface area (Å²) < 4.78 is 56.3. The molecule has 178 valence electrons. The van der Waals surface area contributed by atoms with Gasteiger partial charge in [-0.15, -0.1) is 0 Å². The van der Waals surface area contributed by atoms with Gasteiger partial charge in [-0.25, -0.2) is 17.6 Å². The van der Waals surface area contributed by atoms with Gasteiger partial charge in [-0.05, 0) is 84.2 Å². The Hall–Kier alpha value is -3.58. The Labute approximate surface area is 203 Å². The van der Waals surface area contributed by atoms with Crippen molar-refractivity contribution >= 4 is 10.8 Å². The summed E-state index contributed by atoms with van der Waals surface area (Å²) in [5.74, 6) is 3.23. The molecule has 0 saturated carbocycles. The molecule has 0 radical (unpaired) electrons. The van der Waals surface area contributed by atoms with Crippen LogP contribution in [-0.4, -0.2) is 0 Å². The summed E-state index contributed by atoms with van der Waals surface area (Å²) in [4.78, 5) is 0. The van der Waals surface area contributed by atoms with Gasteiger partial charge in [-0.3, -0.25) is 0 Å². The molecule has 35 heavy (non-hydrogen) atoms. The molecule has 0 saturated heterocycles. The summed E-state index contributed by atoms with van der Waals surface area (Å²) in [7, 11) is 0. The summed E-state index contributed by atoms with van der Waals surface area (Å²) in [5, 5.41) is 0.696. The molecule has 0 heterocycles. The smallest absolute Gasteiger partial charge is 0.166 e. The fourth-order valence-electron chi connectivity index (χ4n) is 4.11. The standard InChI is InChI=1S/C31H26F4/c1-2-3-4-5-21-6-11-24(29(33)19-21)13-8-23-9-14-25(30(34)20-23)12-7-22-10-16-27-26(18-22)15-17-28(32)31(27)35/h6,9-11,14-20H,2-5,8,13H2,1H3. The zero-order chi connectivity index (χ0) is 24.8. The van der Waals surface area contributed by atoms with Gasteiger partial charge >= 0.3 is 0 Å². The molecule has 0 aliphatic rings. The minimum Gasteiger partial charge on any atom is -0.207 e. The normalized spacial score (nSPS) is 10.9. The van der Waals surface area contributed by atoms with E-state index in [9.17, 15) is 17.6 Å². The predicted molar refractivity (Wildman–Crippen MR) is 133 cm³/mol. The summed E-state index contributed by atoms with van der Waals surface area (Å²) in [6.45, 7) is 2.14. The number of aryl methyl sites for hydroxylation is 3. The van der Waals surface area contributed by atoms with Gasteiger partial charge in [0.15, 0.2) is 11.6 Å². The van der Waals surface area contributed by atoms with Crippen LogP contribution in [-0.2, 0) is 19.3 Å². The zero-order valence-corrected chi connectivity index (χ0v) is 19.6. The first-order valence-electron chi connectivity index (χ1n) is 11.9. The second-order valence-corrected chi connectivity index (χ2v) is 8.74. The fourth-order valence-corrected chi connectivity index (χ4v) is 4.11. The second-order valence-electron chi connectivity index (χ2n) is 8.74. The second kappa shape index (κ2) is 11.2. The van der Waals surface area contributed by atoms with E-state index in [1.54, 1.807) is 30.3 Å². The third-order valence-corrected chi connectivity index (χ3v) is 6.15. The highest BCUT2D eigenvalue weighted by Gasteiger charge is 2.08. The third-order valence-electron chi connectivity index (χ3n) is 6.15. The van der Waals surface area contributed by atoms with E-state index in [0.29, 0.717) is 29.4 Å². The van der Waals surface area contributed by atoms with E-state index in [4.69, 9.17) is 0 Å². The van der Waals surface area contributed by atoms with Crippen molar-refractivity contribution in [2.45, 2.75) is 45.4 Å². The molecule has 0 aliphatic heterocycles. The van der Waals surface area contributed by atoms with Crippen LogP contribution in [0.1, 0.15) is 54.0 Å². The highest BCUT2D eigenvalue weighted by molar-refractivity contribution is 5.84. The van der Waals surface area contributed by atoms with Gasteiger partial charge in [-0.2, -0.15) is 0 Å². The molecule has 0 amide bonds. The molecule has 4 heteroatoms. The highest BCUT2D eigenvalue weighted by atomic mass is 19.2. The minimum absolute atomic E-state index is 0.175. The molecule has 0 unspecified atom stereocenters. The van der Waals surface area contributed by atoms with Gasteiger partial charge in [0, 0.05) is 10.9 Å². The number of rotatable bonds is 7. The topological polar surface area (TPSA) is 0 Å². The Morgan fingerprint density at radius 2 is 1.40 bits per heavy atom. The van der Waals surface area contributed by atoms with Crippen LogP contribution in [0.15, 0.2) is 66.7 Å². The van der Waals surface area contributed by atoms with Crippen LogP contribution in [0.3, 0.4) is 0 Å². The zero-order valence-electron chi connectivity index (χ0n) is 19.6. The van der Waals surface area contributed by atoms with Crippen molar-refractivity contribution in [1.29, 1.82) is 0 Å². The molecule has 0 aromatic heterocycles. The van der Waals surface area contributed by atoms with E-state index in [2.05, 4.69) is 18.8 Å². The molecule has 0 atom stereocenters. The summed E-state index contributed by atoms with van der Waals surface area (Å²) >= 11 is 0. The van der Waals surface area contributed by atoms with Crippen molar-refractivity contribution in [1.82, 2.24) is 0 Å². The number of fused-ring (bicyclic) bond motifs is 1. The molecule has 4 rings (SSSR count). The van der Waals surface area contributed by atoms with Crippen LogP contribution in [0.4, 0.5) is 17.6 Å². The lowest BCUT2D eigenvalue weighted by Gasteiger charge is -2.07. The first-order chi connectivity index (χ1) is 16.9. The first-order valence-corrected chi connectivity index (χ1v) is 11.9. The maximum Gasteiger partial charge on any atom is 0.166 e. The van der Waals surface area contributed by atoms with Gasteiger partial charge < -0.3 is 0 Å². The average Bonchev–Trinajstić information content (AvgIpc) is 2.85. The predicted octanol–water partition coefficient (Wildman–Crippen LogP) is 8.31. The van der Waals surface area contributed by atoms with Crippen molar-refractivity contribution in [2.75, 3.05) is 0 Å². The Bertz CT molecular complexity index is 1410. The maximum absolute atomic E-state index is 14.6. The minimum atomic E-state index is -0.902. The average molecular weight is 475 g/mol. The molecule has 0 spiro atoms. The van der Waals surface area contributed by atoms with Gasteiger partial charge in [0.1, 0.15) is 11.6 Å². The number of hydrogen-bond donors (Lipinski definition) is 0. The summed E-state index contributed by atoms with van der Waals surface area (Å²) in [6, 6.07) is 17.5. The highest BCUT2D eigenvalue weighted by Crippen LogP contribution is 2.22. The number of unbranched alkanes of at least 4 members (excludes halogenated alkanes) is 2. The molecule has 4 aromatic carbocycles. The van der Waals surface area contributed by atoms with Crippen LogP contribution in [0.2, 0.25) is 0 Å². The van der Waals surface area contributed by atoms with Crippen LogP contribution >= 0.6 is 0 Å². The Morgan fingerprint density at radius 1 is 0.629 bits per heavy atom. The number of benzene rings is 4. The van der Waals surface area contributed by atoms with E-state index in [-0.39, 0.29) is 16.8 Å². The number of halogens is 4. The lowest BCUT2D eigenvalue weighted by molar-refractivity contribution is 0.517. The van der Waals surface area contributed by atoms with Gasteiger partial charge in [-0.1, -0.05) is 61.9 Å². The lowest BCUT2D eigenvalue weighted by Crippen LogP contribution is -1.98. The van der Waals surface area contributed by atoms with Crippen LogP contribution in [0.25, 0.3) is 10.8 Å². The lowest BCUT2D eigenvalue weighted by atomic mass is 9.99. The molecular formula is C31H26F4. The van der Waals surface area contributed by atoms with Crippen LogP contribution in [0.5, 0.6) is 0 Å². The maximum atomic E-state index is 14.6. The van der Waals surface area contributed by atoms with Crippen LogP contribution in [0, 0.1) is 35.1 Å². The molecule has 0 bridgehead atoms. The molecular weight excluding hydrogens is 448 g/mol. The van der Waals surface area contributed by atoms with E-state index >= 15 is 0 Å². The third kappa shape index (κ3) is 6.11. The van der Waals surface area contributed by atoms with Crippen molar-refractivity contribution in [3.63, 3.8) is 0 Å². The molecule has 0 aliphatic carbocycles. The van der Waals surface area contributed by atoms with Crippen molar-refractivity contribution in [2.24, 2.45) is 0 Å². The Balaban J connectivity index is 1.42. The molecule has 0 nitrogen and oxygen atoms in total. The van der Waals surface area contributed by atoms with E-state index in [0.717, 1.165) is 42.9 Å². The quantitative estimate of drug-likeness (QED) is 0.144. The van der Waals surface area contributed by atoms with E-state index in [1.807, 2.05) is 12.1 Å². The van der Waals surface area contributed by atoms with Crippen LogP contribution < -0.4 is 0 Å². The van der Waals surface area contributed by atoms with Crippen molar-refractivity contribution < 1.29 is 17.6 Å². The molecule has 4 aromatic rings. The van der Waals surface area contributed by atoms with Gasteiger partial charge in [0.2, 0.25) is 0 Å². The monoisotopic (exact) mass is 474 g/mol. The SMILES string of the molecule is CCCCCc1ccc(CCc2ccc(C#Cc3ccc4c(F)c(F)ccc4c3)c(F)c2)c(F)c1. The summed E-state index contributed by atoms with van der Waals surface area (Å²) in [6.07, 6.45) is 5.22. The number of hydrogen-bond acceptors (Lipinski definition) is 0. The van der Waals surface area contributed by atoms with E-state index < -0.39 is 17.5 Å². The Kier molecular flexibility index (Phi) is 7.87. The van der Waals surface area contributed by atoms with Crippen molar-refractivity contribution in [3.8, 4) is 11.8 Å². The van der Waals surface area contributed by atoms with Gasteiger partial charge in [0.05, 0.1) is 5.56 Å². The summed E-state index contributed by atoms with van der Waals surface area (Å²) in [5.41, 5.74) is 3.21. The first kappa shape index (κ1) is 24.5. The Morgan fingerprint density at radius 3 is 2.17 bits per heavy atom. The van der Waals surface area contributed by atoms with E-state index in [1.165, 1.54) is 18.2 Å². The fraction of sp³-hybridized carbons (Fsp3) is 0.226. The largest absolute Gasteiger partial charge is 0.207 e. The van der Waals surface area contributed by atoms with Gasteiger partial charge in [0.25, 0.3) is 0 Å².